The van der Waals surface area contributed by atoms with Crippen LogP contribution in [0.15, 0.2) is 23.1 Å². The van der Waals surface area contributed by atoms with Crippen LogP contribution in [-0.4, -0.2) is 26.6 Å². The van der Waals surface area contributed by atoms with E-state index in [1.807, 2.05) is 0 Å². The molecule has 0 spiro atoms. The highest BCUT2D eigenvalue weighted by atomic mass is 32.2. The molecule has 0 heterocycles. The number of hydrogen-bond acceptors (Lipinski definition) is 4. The molecule has 1 aromatic carbocycles. The number of carbonyl (C=O) groups excluding carboxylic acids is 1. The number of nitrogens with one attached hydrogen (secondary N) is 1. The Balaban J connectivity index is 3.26. The van der Waals surface area contributed by atoms with Crippen LogP contribution < -0.4 is 11.1 Å². The molecule has 0 aromatic heterocycles. The molecule has 1 unspecified atom stereocenters. The lowest BCUT2D eigenvalue weighted by atomic mass is 10.3. The number of benzene rings is 1. The van der Waals surface area contributed by atoms with E-state index in [-0.39, 0.29) is 10.6 Å². The van der Waals surface area contributed by atoms with Gasteiger partial charge >= 0.3 is 0 Å². The predicted molar refractivity (Wildman–Crippen MR) is 61.5 cm³/mol. The Kier molecular flexibility index (Phi) is 3.72. The van der Waals surface area contributed by atoms with Gasteiger partial charge < -0.3 is 11.1 Å². The molecule has 0 aliphatic heterocycles. The minimum atomic E-state index is -3.93. The van der Waals surface area contributed by atoms with Crippen molar-refractivity contribution in [2.75, 3.05) is 12.8 Å². The first-order valence-electron chi connectivity index (χ1n) is 4.80. The van der Waals surface area contributed by atoms with Crippen molar-refractivity contribution in [2.45, 2.75) is 17.1 Å². The Morgan fingerprint density at radius 2 is 2.00 bits per heavy atom. The van der Waals surface area contributed by atoms with Crippen LogP contribution in [0.3, 0.4) is 0 Å². The molecule has 0 saturated heterocycles. The molecular formula is C10H13FN2O3S. The first kappa shape index (κ1) is 13.4. The second-order valence-electron chi connectivity index (χ2n) is 3.52. The van der Waals surface area contributed by atoms with Gasteiger partial charge in [-0.1, -0.05) is 0 Å². The van der Waals surface area contributed by atoms with Crippen molar-refractivity contribution in [2.24, 2.45) is 0 Å². The number of anilines is 1. The van der Waals surface area contributed by atoms with E-state index in [0.29, 0.717) is 0 Å². The summed E-state index contributed by atoms with van der Waals surface area (Å²) >= 11 is 0. The van der Waals surface area contributed by atoms with Crippen LogP contribution in [-0.2, 0) is 14.6 Å². The summed E-state index contributed by atoms with van der Waals surface area (Å²) in [4.78, 5) is 11.0. The molecule has 1 rings (SSSR count). The number of carbonyl (C=O) groups is 1. The van der Waals surface area contributed by atoms with Gasteiger partial charge in [0.15, 0.2) is 9.84 Å². The van der Waals surface area contributed by atoms with E-state index in [1.54, 1.807) is 0 Å². The number of nitrogen functional groups attached to an aromatic ring is 1. The predicted octanol–water partition coefficient (Wildman–Crippen LogP) is 0.316. The third kappa shape index (κ3) is 2.73. The van der Waals surface area contributed by atoms with Gasteiger partial charge in [-0.05, 0) is 25.1 Å². The van der Waals surface area contributed by atoms with Gasteiger partial charge in [0.05, 0.1) is 4.90 Å². The molecule has 3 N–H and O–H groups in total. The maximum Gasteiger partial charge on any atom is 0.238 e. The number of rotatable bonds is 3. The van der Waals surface area contributed by atoms with Crippen LogP contribution in [0.25, 0.3) is 0 Å². The smallest absolute Gasteiger partial charge is 0.238 e. The SMILES string of the molecule is CNC(=O)C(C)S(=O)(=O)c1cc(N)cc(F)c1. The van der Waals surface area contributed by atoms with E-state index < -0.39 is 26.8 Å². The minimum absolute atomic E-state index is 0.00678. The molecule has 0 bridgehead atoms. The highest BCUT2D eigenvalue weighted by Gasteiger charge is 2.29. The summed E-state index contributed by atoms with van der Waals surface area (Å²) < 4.78 is 37.0. The molecule has 17 heavy (non-hydrogen) atoms. The van der Waals surface area contributed by atoms with E-state index in [2.05, 4.69) is 5.32 Å². The minimum Gasteiger partial charge on any atom is -0.399 e. The molecule has 1 aromatic rings. The standard InChI is InChI=1S/C10H13FN2O3S/c1-6(10(14)13-2)17(15,16)9-4-7(11)3-8(12)5-9/h3-6H,12H2,1-2H3,(H,13,14). The number of sulfone groups is 1. The summed E-state index contributed by atoms with van der Waals surface area (Å²) in [5, 5.41) is 0.929. The molecule has 1 atom stereocenters. The largest absolute Gasteiger partial charge is 0.399 e. The second-order valence-corrected chi connectivity index (χ2v) is 5.79. The lowest BCUT2D eigenvalue weighted by molar-refractivity contribution is -0.119. The van der Waals surface area contributed by atoms with Crippen molar-refractivity contribution >= 4 is 21.4 Å². The van der Waals surface area contributed by atoms with Crippen LogP contribution in [0.5, 0.6) is 0 Å². The Morgan fingerprint density at radius 1 is 1.41 bits per heavy atom. The average molecular weight is 260 g/mol. The molecule has 0 saturated carbocycles. The lowest BCUT2D eigenvalue weighted by Crippen LogP contribution is -2.35. The molecule has 94 valence electrons. The Bertz CT molecular complexity index is 522. The van der Waals surface area contributed by atoms with Gasteiger partial charge in [-0.25, -0.2) is 12.8 Å². The molecule has 7 heteroatoms. The van der Waals surface area contributed by atoms with Crippen LogP contribution in [0.4, 0.5) is 10.1 Å². The summed E-state index contributed by atoms with van der Waals surface area (Å²) in [5.41, 5.74) is 5.35. The second kappa shape index (κ2) is 4.70. The van der Waals surface area contributed by atoms with Gasteiger partial charge in [-0.2, -0.15) is 0 Å². The third-order valence-corrected chi connectivity index (χ3v) is 4.34. The van der Waals surface area contributed by atoms with E-state index in [4.69, 9.17) is 5.73 Å². The van der Waals surface area contributed by atoms with Crippen LogP contribution in [0, 0.1) is 5.82 Å². The fourth-order valence-corrected chi connectivity index (χ4v) is 2.68. The highest BCUT2D eigenvalue weighted by molar-refractivity contribution is 7.92. The van der Waals surface area contributed by atoms with Gasteiger partial charge in [0, 0.05) is 12.7 Å². The maximum atomic E-state index is 13.1. The van der Waals surface area contributed by atoms with Gasteiger partial charge in [0.1, 0.15) is 11.1 Å². The molecule has 5 nitrogen and oxygen atoms in total. The van der Waals surface area contributed by atoms with Crippen molar-refractivity contribution in [1.29, 1.82) is 0 Å². The summed E-state index contributed by atoms with van der Waals surface area (Å²) in [6.45, 7) is 1.23. The van der Waals surface area contributed by atoms with Crippen molar-refractivity contribution in [3.63, 3.8) is 0 Å². The normalized spacial score (nSPS) is 13.1. The monoisotopic (exact) mass is 260 g/mol. The molecule has 0 aliphatic rings. The van der Waals surface area contributed by atoms with E-state index >= 15 is 0 Å². The van der Waals surface area contributed by atoms with E-state index in [9.17, 15) is 17.6 Å². The molecular weight excluding hydrogens is 247 g/mol. The topological polar surface area (TPSA) is 89.3 Å². The summed E-state index contributed by atoms with van der Waals surface area (Å²) in [5.74, 6) is -1.42. The van der Waals surface area contributed by atoms with Crippen LogP contribution in [0.2, 0.25) is 0 Å². The van der Waals surface area contributed by atoms with Crippen molar-refractivity contribution in [3.8, 4) is 0 Å². The van der Waals surface area contributed by atoms with Crippen LogP contribution in [0.1, 0.15) is 6.92 Å². The maximum absolute atomic E-state index is 13.1. The Morgan fingerprint density at radius 3 is 2.47 bits per heavy atom. The first-order chi connectivity index (χ1) is 7.78. The summed E-state index contributed by atoms with van der Waals surface area (Å²) in [7, 11) is -2.60. The number of halogens is 1. The zero-order valence-corrected chi connectivity index (χ0v) is 10.2. The van der Waals surface area contributed by atoms with Crippen LogP contribution >= 0.6 is 0 Å². The fourth-order valence-electron chi connectivity index (χ4n) is 1.30. The van der Waals surface area contributed by atoms with E-state index in [1.165, 1.54) is 14.0 Å². The molecule has 0 aliphatic carbocycles. The van der Waals surface area contributed by atoms with Gasteiger partial charge in [-0.15, -0.1) is 0 Å². The summed E-state index contributed by atoms with van der Waals surface area (Å²) in [6.07, 6.45) is 0. The summed E-state index contributed by atoms with van der Waals surface area (Å²) in [6, 6.07) is 2.96. The number of amides is 1. The van der Waals surface area contributed by atoms with Gasteiger partial charge in [0.25, 0.3) is 0 Å². The van der Waals surface area contributed by atoms with Crippen molar-refractivity contribution < 1.29 is 17.6 Å². The fraction of sp³-hybridized carbons (Fsp3) is 0.300. The number of nitrogens with two attached hydrogens (primary N) is 1. The van der Waals surface area contributed by atoms with Crippen molar-refractivity contribution in [3.05, 3.63) is 24.0 Å². The zero-order valence-electron chi connectivity index (χ0n) is 9.40. The van der Waals surface area contributed by atoms with E-state index in [0.717, 1.165) is 18.2 Å². The quantitative estimate of drug-likeness (QED) is 0.766. The first-order valence-corrected chi connectivity index (χ1v) is 6.35. The van der Waals surface area contributed by atoms with Gasteiger partial charge in [-0.3, -0.25) is 4.79 Å². The number of hydrogen-bond donors (Lipinski definition) is 2. The molecule has 0 radical (unpaired) electrons. The third-order valence-electron chi connectivity index (χ3n) is 2.30. The molecule has 0 fully saturated rings. The molecule has 1 amide bonds. The van der Waals surface area contributed by atoms with Gasteiger partial charge in [0.2, 0.25) is 5.91 Å². The Hall–Kier alpha value is -1.63. The highest BCUT2D eigenvalue weighted by Crippen LogP contribution is 2.20. The Labute approximate surface area is 98.7 Å². The zero-order chi connectivity index (χ0) is 13.2. The van der Waals surface area contributed by atoms with Crippen molar-refractivity contribution in [1.82, 2.24) is 5.32 Å². The average Bonchev–Trinajstić information content (AvgIpc) is 2.25. The lowest BCUT2D eigenvalue weighted by Gasteiger charge is -2.12.